The maximum atomic E-state index is 12.6. The summed E-state index contributed by atoms with van der Waals surface area (Å²) < 4.78 is 6.59. The quantitative estimate of drug-likeness (QED) is 0.462. The fraction of sp³-hybridized carbons (Fsp3) is 0.208. The summed E-state index contributed by atoms with van der Waals surface area (Å²) in [7, 11) is 3.11. The fourth-order valence-corrected chi connectivity index (χ4v) is 3.18. The molecule has 0 saturated carbocycles. The van der Waals surface area contributed by atoms with Crippen molar-refractivity contribution in [3.8, 4) is 5.69 Å². The van der Waals surface area contributed by atoms with Crippen molar-refractivity contribution in [2.45, 2.75) is 20.4 Å². The molecular formula is C24H25N3O3. The normalized spacial score (nSPS) is 10.9. The molecule has 30 heavy (non-hydrogen) atoms. The molecule has 3 aromatic rings. The lowest BCUT2D eigenvalue weighted by molar-refractivity contribution is -0.125. The summed E-state index contributed by atoms with van der Waals surface area (Å²) in [6, 6.07) is 16.8. The number of aromatic nitrogens is 2. The second kappa shape index (κ2) is 9.22. The predicted molar refractivity (Wildman–Crippen MR) is 116 cm³/mol. The molecule has 154 valence electrons. The predicted octanol–water partition coefficient (Wildman–Crippen LogP) is 3.95. The number of hydrogen-bond acceptors (Lipinski definition) is 4. The Hall–Kier alpha value is -3.67. The van der Waals surface area contributed by atoms with Gasteiger partial charge in [-0.05, 0) is 49.8 Å². The summed E-state index contributed by atoms with van der Waals surface area (Å²) in [5.41, 5.74) is 5.24. The van der Waals surface area contributed by atoms with Crippen molar-refractivity contribution in [1.29, 1.82) is 0 Å². The van der Waals surface area contributed by atoms with E-state index in [2.05, 4.69) is 9.84 Å². The van der Waals surface area contributed by atoms with E-state index in [1.165, 1.54) is 13.2 Å². The van der Waals surface area contributed by atoms with Crippen molar-refractivity contribution < 1.29 is 14.3 Å². The van der Waals surface area contributed by atoms with Crippen LogP contribution in [0.5, 0.6) is 0 Å². The van der Waals surface area contributed by atoms with Gasteiger partial charge in [0.05, 0.1) is 24.1 Å². The number of rotatable bonds is 6. The van der Waals surface area contributed by atoms with E-state index in [1.54, 1.807) is 42.3 Å². The lowest BCUT2D eigenvalue weighted by Crippen LogP contribution is -2.24. The molecule has 3 rings (SSSR count). The molecule has 2 aromatic carbocycles. The van der Waals surface area contributed by atoms with E-state index in [4.69, 9.17) is 0 Å². The SMILES string of the molecule is COC(=O)c1ccc(/C=C/C(=O)N(C)Cc2c(C)nn(-c3ccccc3)c2C)cc1. The summed E-state index contributed by atoms with van der Waals surface area (Å²) in [6.45, 7) is 4.44. The zero-order valence-electron chi connectivity index (χ0n) is 17.6. The number of aryl methyl sites for hydroxylation is 1. The van der Waals surface area contributed by atoms with E-state index < -0.39 is 0 Å². The minimum Gasteiger partial charge on any atom is -0.465 e. The maximum Gasteiger partial charge on any atom is 0.337 e. The molecular weight excluding hydrogens is 378 g/mol. The van der Waals surface area contributed by atoms with E-state index in [-0.39, 0.29) is 11.9 Å². The average molecular weight is 403 g/mol. The van der Waals surface area contributed by atoms with Crippen molar-refractivity contribution in [3.63, 3.8) is 0 Å². The standard InChI is InChI=1S/C24H25N3O3/c1-17-22(18(2)27(25-17)21-8-6-5-7-9-21)16-26(3)23(28)15-12-19-10-13-20(14-11-19)24(29)30-4/h5-15H,16H2,1-4H3/b15-12+. The summed E-state index contributed by atoms with van der Waals surface area (Å²) in [6.07, 6.45) is 3.26. The van der Waals surface area contributed by atoms with Gasteiger partial charge in [-0.3, -0.25) is 4.79 Å². The first-order valence-electron chi connectivity index (χ1n) is 9.62. The third-order valence-corrected chi connectivity index (χ3v) is 4.96. The zero-order chi connectivity index (χ0) is 21.7. The van der Waals surface area contributed by atoms with E-state index in [1.807, 2.05) is 48.9 Å². The van der Waals surface area contributed by atoms with Gasteiger partial charge in [-0.2, -0.15) is 5.10 Å². The van der Waals surface area contributed by atoms with Crippen LogP contribution in [0.2, 0.25) is 0 Å². The summed E-state index contributed by atoms with van der Waals surface area (Å²) in [5, 5.41) is 4.64. The number of para-hydroxylation sites is 1. The maximum absolute atomic E-state index is 12.6. The molecule has 0 atom stereocenters. The van der Waals surface area contributed by atoms with Crippen molar-refractivity contribution in [2.24, 2.45) is 0 Å². The van der Waals surface area contributed by atoms with Crippen molar-refractivity contribution in [1.82, 2.24) is 14.7 Å². The van der Waals surface area contributed by atoms with Crippen molar-refractivity contribution in [3.05, 3.63) is 88.8 Å². The highest BCUT2D eigenvalue weighted by molar-refractivity contribution is 5.92. The molecule has 0 fully saturated rings. The van der Waals surface area contributed by atoms with E-state index in [0.717, 1.165) is 28.2 Å². The lowest BCUT2D eigenvalue weighted by Gasteiger charge is -2.15. The molecule has 0 spiro atoms. The Balaban J connectivity index is 1.69. The Labute approximate surface area is 176 Å². The van der Waals surface area contributed by atoms with Crippen LogP contribution in [-0.2, 0) is 16.1 Å². The fourth-order valence-electron chi connectivity index (χ4n) is 3.18. The second-order valence-corrected chi connectivity index (χ2v) is 7.04. The molecule has 6 nitrogen and oxygen atoms in total. The van der Waals surface area contributed by atoms with Gasteiger partial charge >= 0.3 is 5.97 Å². The van der Waals surface area contributed by atoms with E-state index in [0.29, 0.717) is 12.1 Å². The third kappa shape index (κ3) is 4.66. The smallest absolute Gasteiger partial charge is 0.337 e. The number of nitrogens with zero attached hydrogens (tertiary/aromatic N) is 3. The van der Waals surface area contributed by atoms with Crippen LogP contribution in [0.1, 0.15) is 32.9 Å². The van der Waals surface area contributed by atoms with Crippen LogP contribution in [0, 0.1) is 13.8 Å². The number of benzene rings is 2. The number of amides is 1. The Kier molecular flexibility index (Phi) is 6.47. The first kappa shape index (κ1) is 21.0. The van der Waals surface area contributed by atoms with Crippen LogP contribution in [0.15, 0.2) is 60.7 Å². The van der Waals surface area contributed by atoms with Gasteiger partial charge in [-0.15, -0.1) is 0 Å². The van der Waals surface area contributed by atoms with Gasteiger partial charge in [0.15, 0.2) is 0 Å². The summed E-state index contributed by atoms with van der Waals surface area (Å²) in [4.78, 5) is 25.7. The summed E-state index contributed by atoms with van der Waals surface area (Å²) >= 11 is 0. The average Bonchev–Trinajstić information content (AvgIpc) is 3.06. The van der Waals surface area contributed by atoms with Gasteiger partial charge in [0.2, 0.25) is 5.91 Å². The van der Waals surface area contributed by atoms with Crippen LogP contribution in [-0.4, -0.2) is 40.7 Å². The van der Waals surface area contributed by atoms with Gasteiger partial charge in [0.25, 0.3) is 0 Å². The Morgan fingerprint density at radius 1 is 1.07 bits per heavy atom. The Morgan fingerprint density at radius 2 is 1.73 bits per heavy atom. The third-order valence-electron chi connectivity index (χ3n) is 4.96. The number of likely N-dealkylation sites (N-methyl/N-ethyl adjacent to an activating group) is 1. The highest BCUT2D eigenvalue weighted by atomic mass is 16.5. The molecule has 0 aliphatic rings. The highest BCUT2D eigenvalue weighted by Gasteiger charge is 2.16. The minimum atomic E-state index is -0.386. The molecule has 0 saturated heterocycles. The number of ether oxygens (including phenoxy) is 1. The molecule has 0 aliphatic heterocycles. The number of carbonyl (C=O) groups is 2. The van der Waals surface area contributed by atoms with Gasteiger partial charge < -0.3 is 9.64 Å². The Bertz CT molecular complexity index is 1070. The molecule has 1 heterocycles. The molecule has 0 radical (unpaired) electrons. The molecule has 0 aliphatic carbocycles. The first-order valence-corrected chi connectivity index (χ1v) is 9.62. The van der Waals surface area contributed by atoms with Crippen LogP contribution < -0.4 is 0 Å². The van der Waals surface area contributed by atoms with E-state index >= 15 is 0 Å². The van der Waals surface area contributed by atoms with Crippen molar-refractivity contribution in [2.75, 3.05) is 14.2 Å². The molecule has 0 unspecified atom stereocenters. The van der Waals surface area contributed by atoms with E-state index in [9.17, 15) is 9.59 Å². The van der Waals surface area contributed by atoms with Crippen LogP contribution in [0.25, 0.3) is 11.8 Å². The van der Waals surface area contributed by atoms with Gasteiger partial charge in [0.1, 0.15) is 0 Å². The zero-order valence-corrected chi connectivity index (χ0v) is 17.6. The molecule has 0 N–H and O–H groups in total. The first-order chi connectivity index (χ1) is 14.4. The van der Waals surface area contributed by atoms with Crippen LogP contribution in [0.4, 0.5) is 0 Å². The number of hydrogen-bond donors (Lipinski definition) is 0. The highest BCUT2D eigenvalue weighted by Crippen LogP contribution is 2.19. The largest absolute Gasteiger partial charge is 0.465 e. The lowest BCUT2D eigenvalue weighted by atomic mass is 10.1. The molecule has 0 bridgehead atoms. The van der Waals surface area contributed by atoms with Gasteiger partial charge in [-0.1, -0.05) is 30.3 Å². The minimum absolute atomic E-state index is 0.113. The number of esters is 1. The Morgan fingerprint density at radius 3 is 2.37 bits per heavy atom. The monoisotopic (exact) mass is 403 g/mol. The molecule has 1 amide bonds. The number of carbonyl (C=O) groups excluding carboxylic acids is 2. The van der Waals surface area contributed by atoms with Gasteiger partial charge in [-0.25, -0.2) is 9.48 Å². The topological polar surface area (TPSA) is 64.4 Å². The molecule has 6 heteroatoms. The summed E-state index contributed by atoms with van der Waals surface area (Å²) in [5.74, 6) is -0.499. The second-order valence-electron chi connectivity index (χ2n) is 7.04. The van der Waals surface area contributed by atoms with Crippen LogP contribution >= 0.6 is 0 Å². The van der Waals surface area contributed by atoms with Crippen molar-refractivity contribution >= 4 is 18.0 Å². The van der Waals surface area contributed by atoms with Gasteiger partial charge in [0, 0.05) is 30.9 Å². The van der Waals surface area contributed by atoms with Crippen LogP contribution in [0.3, 0.4) is 0 Å². The number of methoxy groups -OCH3 is 1. The molecule has 1 aromatic heterocycles.